The number of nitrogens with one attached hydrogen (secondary N) is 1. The maximum atomic E-state index is 12.7. The van der Waals surface area contributed by atoms with Crippen molar-refractivity contribution in [2.24, 2.45) is 0 Å². The number of rotatable bonds is 3. The number of tetrazole rings is 1. The van der Waals surface area contributed by atoms with E-state index in [4.69, 9.17) is 0 Å². The lowest BCUT2D eigenvalue weighted by Crippen LogP contribution is -2.48. The number of hydrogen-bond acceptors (Lipinski definition) is 5. The summed E-state index contributed by atoms with van der Waals surface area (Å²) in [6.45, 7) is 0. The van der Waals surface area contributed by atoms with E-state index in [2.05, 4.69) is 20.8 Å². The van der Waals surface area contributed by atoms with Gasteiger partial charge in [0.15, 0.2) is 0 Å². The number of piperidine rings is 1. The molecule has 2 aromatic rings. The molecule has 0 saturated carbocycles. The third-order valence-corrected chi connectivity index (χ3v) is 5.04. The number of fused-ring (bicyclic) bond motifs is 2. The van der Waals surface area contributed by atoms with Crippen LogP contribution in [0.15, 0.2) is 30.6 Å². The van der Waals surface area contributed by atoms with Crippen molar-refractivity contribution in [2.45, 2.75) is 43.8 Å². The summed E-state index contributed by atoms with van der Waals surface area (Å²) >= 11 is 0. The molecule has 2 unspecified atom stereocenters. The van der Waals surface area contributed by atoms with Gasteiger partial charge in [-0.1, -0.05) is 0 Å². The zero-order valence-corrected chi connectivity index (χ0v) is 13.1. The molecule has 0 radical (unpaired) electrons. The lowest BCUT2D eigenvalue weighted by Gasteiger charge is -2.35. The van der Waals surface area contributed by atoms with Crippen molar-refractivity contribution >= 4 is 5.91 Å². The highest BCUT2D eigenvalue weighted by molar-refractivity contribution is 5.94. The fourth-order valence-corrected chi connectivity index (χ4v) is 3.75. The van der Waals surface area contributed by atoms with E-state index in [1.165, 1.54) is 19.2 Å². The van der Waals surface area contributed by atoms with Gasteiger partial charge in [-0.3, -0.25) is 4.79 Å². The van der Waals surface area contributed by atoms with Crippen molar-refractivity contribution in [3.05, 3.63) is 36.2 Å². The van der Waals surface area contributed by atoms with Gasteiger partial charge >= 0.3 is 0 Å². The summed E-state index contributed by atoms with van der Waals surface area (Å²) in [5, 5.41) is 14.7. The van der Waals surface area contributed by atoms with Crippen molar-refractivity contribution in [1.29, 1.82) is 0 Å². The van der Waals surface area contributed by atoms with Crippen LogP contribution in [0.3, 0.4) is 0 Å². The predicted molar refractivity (Wildman–Crippen MR) is 84.2 cm³/mol. The molecule has 0 aliphatic carbocycles. The van der Waals surface area contributed by atoms with Crippen LogP contribution >= 0.6 is 0 Å². The fraction of sp³-hybridized carbons (Fsp3) is 0.500. The highest BCUT2D eigenvalue weighted by atomic mass is 16.2. The van der Waals surface area contributed by atoms with Crippen LogP contribution in [0.1, 0.15) is 36.0 Å². The summed E-state index contributed by atoms with van der Waals surface area (Å²) in [4.78, 5) is 14.6. The molecular formula is C16H20N6O. The van der Waals surface area contributed by atoms with Crippen LogP contribution in [0.4, 0.5) is 0 Å². The number of benzene rings is 1. The highest BCUT2D eigenvalue weighted by Crippen LogP contribution is 2.29. The minimum atomic E-state index is 0.0829. The second kappa shape index (κ2) is 5.73. The number of carbonyl (C=O) groups is 1. The van der Waals surface area contributed by atoms with Crippen molar-refractivity contribution in [2.75, 3.05) is 7.05 Å². The van der Waals surface area contributed by atoms with Crippen molar-refractivity contribution < 1.29 is 4.79 Å². The van der Waals surface area contributed by atoms with Crippen LogP contribution in [0.5, 0.6) is 0 Å². The van der Waals surface area contributed by atoms with E-state index in [1.807, 2.05) is 36.2 Å². The standard InChI is InChI=1S/C16H20N6O/c1-21(15-8-12-4-5-13(9-15)18-12)16(23)11-2-6-14(7-3-11)22-10-17-19-20-22/h2-3,6-7,10,12-13,15,18H,4-5,8-9H2,1H3. The quantitative estimate of drug-likeness (QED) is 0.915. The van der Waals surface area contributed by atoms with Crippen LogP contribution in [-0.4, -0.2) is 56.2 Å². The van der Waals surface area contributed by atoms with Gasteiger partial charge in [0.25, 0.3) is 5.91 Å². The topological polar surface area (TPSA) is 75.9 Å². The molecule has 1 amide bonds. The molecule has 2 bridgehead atoms. The van der Waals surface area contributed by atoms with Gasteiger partial charge in [0, 0.05) is 30.7 Å². The first-order valence-electron chi connectivity index (χ1n) is 8.07. The third-order valence-electron chi connectivity index (χ3n) is 5.04. The van der Waals surface area contributed by atoms with Crippen LogP contribution in [0.2, 0.25) is 0 Å². The van der Waals surface area contributed by atoms with Gasteiger partial charge in [0.1, 0.15) is 6.33 Å². The second-order valence-electron chi connectivity index (χ2n) is 6.48. The van der Waals surface area contributed by atoms with Gasteiger partial charge in [-0.05, 0) is 60.4 Å². The van der Waals surface area contributed by atoms with Crippen LogP contribution < -0.4 is 5.32 Å². The number of carbonyl (C=O) groups excluding carboxylic acids is 1. The van der Waals surface area contributed by atoms with Crippen LogP contribution in [0, 0.1) is 0 Å². The Morgan fingerprint density at radius 1 is 1.22 bits per heavy atom. The summed E-state index contributed by atoms with van der Waals surface area (Å²) < 4.78 is 1.57. The smallest absolute Gasteiger partial charge is 0.253 e. The summed E-state index contributed by atoms with van der Waals surface area (Å²) in [7, 11) is 1.92. The maximum absolute atomic E-state index is 12.7. The van der Waals surface area contributed by atoms with Crippen LogP contribution in [-0.2, 0) is 0 Å². The molecule has 0 spiro atoms. The molecule has 2 atom stereocenters. The Bertz CT molecular complexity index is 671. The average Bonchev–Trinajstić information content (AvgIpc) is 3.23. The summed E-state index contributed by atoms with van der Waals surface area (Å²) in [5.41, 5.74) is 1.55. The van der Waals surface area contributed by atoms with Gasteiger partial charge in [-0.2, -0.15) is 0 Å². The normalized spacial score (nSPS) is 26.2. The van der Waals surface area contributed by atoms with E-state index in [0.717, 1.165) is 18.5 Å². The Morgan fingerprint density at radius 3 is 2.52 bits per heavy atom. The number of hydrogen-bond donors (Lipinski definition) is 1. The molecule has 2 saturated heterocycles. The third kappa shape index (κ3) is 2.72. The molecule has 7 heteroatoms. The first-order chi connectivity index (χ1) is 11.2. The van der Waals surface area contributed by atoms with Gasteiger partial charge in [-0.15, -0.1) is 5.10 Å². The Kier molecular flexibility index (Phi) is 3.57. The van der Waals surface area contributed by atoms with Gasteiger partial charge in [0.2, 0.25) is 0 Å². The summed E-state index contributed by atoms with van der Waals surface area (Å²) in [5.74, 6) is 0.0829. The zero-order chi connectivity index (χ0) is 15.8. The van der Waals surface area contributed by atoms with Crippen molar-refractivity contribution in [1.82, 2.24) is 30.4 Å². The average molecular weight is 312 g/mol. The molecule has 1 aromatic heterocycles. The molecule has 2 aliphatic heterocycles. The Morgan fingerprint density at radius 2 is 1.91 bits per heavy atom. The fourth-order valence-electron chi connectivity index (χ4n) is 3.75. The molecule has 23 heavy (non-hydrogen) atoms. The van der Waals surface area contributed by atoms with Crippen LogP contribution in [0.25, 0.3) is 5.69 Å². The van der Waals surface area contributed by atoms with Gasteiger partial charge in [-0.25, -0.2) is 4.68 Å². The van der Waals surface area contributed by atoms with E-state index in [-0.39, 0.29) is 5.91 Å². The van der Waals surface area contributed by atoms with Crippen molar-refractivity contribution in [3.63, 3.8) is 0 Å². The van der Waals surface area contributed by atoms with Crippen molar-refractivity contribution in [3.8, 4) is 5.69 Å². The lowest BCUT2D eigenvalue weighted by molar-refractivity contribution is 0.0681. The van der Waals surface area contributed by atoms with E-state index < -0.39 is 0 Å². The first kappa shape index (κ1) is 14.3. The lowest BCUT2D eigenvalue weighted by atomic mass is 9.98. The molecule has 120 valence electrons. The highest BCUT2D eigenvalue weighted by Gasteiger charge is 2.36. The van der Waals surface area contributed by atoms with E-state index in [0.29, 0.717) is 23.7 Å². The molecule has 1 N–H and O–H groups in total. The number of amides is 1. The Hall–Kier alpha value is -2.28. The second-order valence-corrected chi connectivity index (χ2v) is 6.48. The first-order valence-corrected chi connectivity index (χ1v) is 8.07. The molecule has 2 aliphatic rings. The Labute approximate surface area is 134 Å². The summed E-state index contributed by atoms with van der Waals surface area (Å²) in [6, 6.07) is 8.90. The van der Waals surface area contributed by atoms with Gasteiger partial charge < -0.3 is 10.2 Å². The van der Waals surface area contributed by atoms with Gasteiger partial charge in [0.05, 0.1) is 5.69 Å². The minimum Gasteiger partial charge on any atom is -0.339 e. The molecule has 2 fully saturated rings. The molecule has 1 aromatic carbocycles. The molecule has 3 heterocycles. The molecule has 4 rings (SSSR count). The molecular weight excluding hydrogens is 292 g/mol. The van der Waals surface area contributed by atoms with E-state index in [9.17, 15) is 4.79 Å². The largest absolute Gasteiger partial charge is 0.339 e. The van der Waals surface area contributed by atoms with E-state index in [1.54, 1.807) is 4.68 Å². The molecule has 7 nitrogen and oxygen atoms in total. The predicted octanol–water partition coefficient (Wildman–Crippen LogP) is 1.02. The number of aromatic nitrogens is 4. The van der Waals surface area contributed by atoms with E-state index >= 15 is 0 Å². The minimum absolute atomic E-state index is 0.0829. The maximum Gasteiger partial charge on any atom is 0.253 e. The SMILES string of the molecule is CN(C(=O)c1ccc(-n2cnnn2)cc1)C1CC2CCC(C1)N2. The monoisotopic (exact) mass is 312 g/mol. The zero-order valence-electron chi connectivity index (χ0n) is 13.1. The summed E-state index contributed by atoms with van der Waals surface area (Å²) in [6.07, 6.45) is 6.13. The Balaban J connectivity index is 1.48. The number of nitrogens with zero attached hydrogens (tertiary/aromatic N) is 5.